The molecule has 31 heavy (non-hydrogen) atoms. The highest BCUT2D eigenvalue weighted by molar-refractivity contribution is 6.44. The number of nitrogens with zero attached hydrogens (tertiary/aromatic N) is 2. The molecule has 0 N–H and O–H groups in total. The number of hydrogen-bond acceptors (Lipinski definition) is 3. The lowest BCUT2D eigenvalue weighted by Crippen LogP contribution is -2.48. The molecule has 0 unspecified atom stereocenters. The number of carbonyl (C=O) groups excluding carboxylic acids is 1. The standard InChI is InChI=1S/C24H27Cl3N2O2/c1-28(22(30)14-17-18(25)9-10-19(26)23(17)27)24-16-6-5-7-21(31-2)15(16)8-11-20(24)29-12-3-4-13-29/h5-7,9-10,20,24H,3-4,8,11-14H2,1-2H3/t20-,24-/m0/s1. The molecule has 0 aromatic heterocycles. The van der Waals surface area contributed by atoms with Gasteiger partial charge in [0.05, 0.1) is 29.6 Å². The molecule has 1 amide bonds. The third kappa shape index (κ3) is 4.41. The number of fused-ring (bicyclic) bond motifs is 1. The normalized spacial score (nSPS) is 21.1. The summed E-state index contributed by atoms with van der Waals surface area (Å²) in [4.78, 5) is 17.9. The molecule has 0 radical (unpaired) electrons. The van der Waals surface area contributed by atoms with Crippen LogP contribution in [0.1, 0.15) is 42.0 Å². The van der Waals surface area contributed by atoms with E-state index in [4.69, 9.17) is 39.5 Å². The minimum Gasteiger partial charge on any atom is -0.496 e. The number of amides is 1. The Morgan fingerprint density at radius 3 is 2.55 bits per heavy atom. The van der Waals surface area contributed by atoms with Crippen LogP contribution in [0.4, 0.5) is 0 Å². The predicted octanol–water partition coefficient (Wildman–Crippen LogP) is 5.81. The second-order valence-electron chi connectivity index (χ2n) is 8.33. The lowest BCUT2D eigenvalue weighted by Gasteiger charge is -2.44. The zero-order valence-corrected chi connectivity index (χ0v) is 20.1. The van der Waals surface area contributed by atoms with Crippen LogP contribution in [0.25, 0.3) is 0 Å². The zero-order chi connectivity index (χ0) is 22.1. The zero-order valence-electron chi connectivity index (χ0n) is 17.8. The highest BCUT2D eigenvalue weighted by atomic mass is 35.5. The molecule has 1 fully saturated rings. The van der Waals surface area contributed by atoms with Gasteiger partial charge in [-0.3, -0.25) is 9.69 Å². The van der Waals surface area contributed by atoms with Crippen molar-refractivity contribution < 1.29 is 9.53 Å². The molecule has 2 aromatic carbocycles. The summed E-state index contributed by atoms with van der Waals surface area (Å²) in [6, 6.07) is 9.71. The average Bonchev–Trinajstić information content (AvgIpc) is 3.32. The van der Waals surface area contributed by atoms with E-state index in [0.717, 1.165) is 31.7 Å². The first-order valence-corrected chi connectivity index (χ1v) is 11.8. The van der Waals surface area contributed by atoms with Crippen LogP contribution in [0.5, 0.6) is 5.75 Å². The molecule has 4 rings (SSSR count). The van der Waals surface area contributed by atoms with Crippen LogP contribution in [0, 0.1) is 0 Å². The smallest absolute Gasteiger partial charge is 0.227 e. The van der Waals surface area contributed by atoms with Gasteiger partial charge < -0.3 is 9.64 Å². The van der Waals surface area contributed by atoms with E-state index in [1.54, 1.807) is 19.2 Å². The predicted molar refractivity (Wildman–Crippen MR) is 127 cm³/mol. The largest absolute Gasteiger partial charge is 0.496 e. The summed E-state index contributed by atoms with van der Waals surface area (Å²) in [7, 11) is 3.59. The fourth-order valence-corrected chi connectivity index (χ4v) is 5.74. The van der Waals surface area contributed by atoms with Crippen LogP contribution < -0.4 is 4.74 Å². The number of carbonyl (C=O) groups is 1. The van der Waals surface area contributed by atoms with Gasteiger partial charge in [0.15, 0.2) is 0 Å². The Labute approximate surface area is 199 Å². The maximum Gasteiger partial charge on any atom is 0.227 e. The van der Waals surface area contributed by atoms with Crippen LogP contribution in [-0.2, 0) is 17.6 Å². The Balaban J connectivity index is 1.68. The second-order valence-corrected chi connectivity index (χ2v) is 9.52. The number of hydrogen-bond donors (Lipinski definition) is 0. The van der Waals surface area contributed by atoms with E-state index in [1.165, 1.54) is 24.0 Å². The topological polar surface area (TPSA) is 32.8 Å². The molecule has 2 aliphatic rings. The Kier molecular flexibility index (Phi) is 7.02. The molecule has 166 valence electrons. The molecule has 1 heterocycles. The van der Waals surface area contributed by atoms with E-state index >= 15 is 0 Å². The van der Waals surface area contributed by atoms with Crippen LogP contribution in [0.2, 0.25) is 15.1 Å². The highest BCUT2D eigenvalue weighted by Gasteiger charge is 2.39. The summed E-state index contributed by atoms with van der Waals surface area (Å²) in [6.45, 7) is 2.16. The summed E-state index contributed by atoms with van der Waals surface area (Å²) in [5.41, 5.74) is 2.94. The number of likely N-dealkylation sites (N-methyl/N-ethyl adjacent to an activating group) is 1. The lowest BCUT2D eigenvalue weighted by atomic mass is 9.81. The number of benzene rings is 2. The van der Waals surface area contributed by atoms with Crippen LogP contribution >= 0.6 is 34.8 Å². The summed E-state index contributed by atoms with van der Waals surface area (Å²) < 4.78 is 5.64. The molecule has 0 spiro atoms. The quantitative estimate of drug-likeness (QED) is 0.505. The SMILES string of the molecule is COc1cccc2c1CC[C@H](N1CCCC1)[C@H]2N(C)C(=O)Cc1c(Cl)ccc(Cl)c1Cl. The molecule has 0 saturated carbocycles. The fourth-order valence-electron chi connectivity index (χ4n) is 5.06. The van der Waals surface area contributed by atoms with Gasteiger partial charge in [0, 0.05) is 23.7 Å². The summed E-state index contributed by atoms with van der Waals surface area (Å²) in [5, 5.41) is 1.20. The molecule has 1 aliphatic carbocycles. The van der Waals surface area contributed by atoms with Gasteiger partial charge in [-0.1, -0.05) is 46.9 Å². The number of halogens is 3. The minimum atomic E-state index is -0.0545. The Hall–Kier alpha value is -1.46. The van der Waals surface area contributed by atoms with Crippen LogP contribution in [-0.4, -0.2) is 49.0 Å². The summed E-state index contributed by atoms with van der Waals surface area (Å²) in [5.74, 6) is 0.861. The number of methoxy groups -OCH3 is 1. The number of rotatable bonds is 5. The van der Waals surface area contributed by atoms with Gasteiger partial charge in [0.25, 0.3) is 0 Å². The van der Waals surface area contributed by atoms with E-state index < -0.39 is 0 Å². The Morgan fingerprint density at radius 2 is 1.84 bits per heavy atom. The van der Waals surface area contributed by atoms with Crippen molar-refractivity contribution in [2.45, 2.75) is 44.2 Å². The van der Waals surface area contributed by atoms with Crippen LogP contribution in [0.3, 0.4) is 0 Å². The summed E-state index contributed by atoms with van der Waals surface area (Å²) in [6.07, 6.45) is 4.47. The molecular formula is C24H27Cl3N2O2. The van der Waals surface area contributed by atoms with Gasteiger partial charge in [0.2, 0.25) is 5.91 Å². The highest BCUT2D eigenvalue weighted by Crippen LogP contribution is 2.42. The molecule has 2 aromatic rings. The number of likely N-dealkylation sites (tertiary alicyclic amines) is 1. The first-order chi connectivity index (χ1) is 14.9. The maximum atomic E-state index is 13.5. The molecule has 2 atom stereocenters. The van der Waals surface area contributed by atoms with E-state index in [2.05, 4.69) is 11.0 Å². The van der Waals surface area contributed by atoms with Crippen molar-refractivity contribution in [3.8, 4) is 5.75 Å². The molecule has 7 heteroatoms. The molecule has 1 saturated heterocycles. The van der Waals surface area contributed by atoms with Crippen molar-refractivity contribution >= 4 is 40.7 Å². The Bertz CT molecular complexity index is 976. The third-order valence-corrected chi connectivity index (χ3v) is 7.85. The molecular weight excluding hydrogens is 455 g/mol. The van der Waals surface area contributed by atoms with E-state index in [9.17, 15) is 4.79 Å². The van der Waals surface area contributed by atoms with Gasteiger partial charge in [-0.05, 0) is 68.1 Å². The molecule has 1 aliphatic heterocycles. The minimum absolute atomic E-state index is 0.0315. The Morgan fingerprint density at radius 1 is 1.13 bits per heavy atom. The van der Waals surface area contributed by atoms with E-state index in [1.807, 2.05) is 24.1 Å². The molecule has 0 bridgehead atoms. The van der Waals surface area contributed by atoms with Crippen molar-refractivity contribution in [3.63, 3.8) is 0 Å². The fraction of sp³-hybridized carbons (Fsp3) is 0.458. The van der Waals surface area contributed by atoms with Gasteiger partial charge in [-0.15, -0.1) is 0 Å². The van der Waals surface area contributed by atoms with Crippen molar-refractivity contribution in [2.75, 3.05) is 27.2 Å². The number of ether oxygens (including phenoxy) is 1. The van der Waals surface area contributed by atoms with Gasteiger partial charge in [-0.25, -0.2) is 0 Å². The van der Waals surface area contributed by atoms with E-state index in [-0.39, 0.29) is 24.4 Å². The first-order valence-electron chi connectivity index (χ1n) is 10.7. The maximum absolute atomic E-state index is 13.5. The summed E-state index contributed by atoms with van der Waals surface area (Å²) >= 11 is 18.9. The van der Waals surface area contributed by atoms with Gasteiger partial charge in [-0.2, -0.15) is 0 Å². The monoisotopic (exact) mass is 480 g/mol. The average molecular weight is 482 g/mol. The van der Waals surface area contributed by atoms with Gasteiger partial charge >= 0.3 is 0 Å². The van der Waals surface area contributed by atoms with Crippen LogP contribution in [0.15, 0.2) is 30.3 Å². The van der Waals surface area contributed by atoms with Crippen molar-refractivity contribution in [3.05, 3.63) is 62.1 Å². The van der Waals surface area contributed by atoms with Crippen molar-refractivity contribution in [1.29, 1.82) is 0 Å². The van der Waals surface area contributed by atoms with Crippen molar-refractivity contribution in [2.24, 2.45) is 0 Å². The lowest BCUT2D eigenvalue weighted by molar-refractivity contribution is -0.133. The van der Waals surface area contributed by atoms with Crippen molar-refractivity contribution in [1.82, 2.24) is 9.80 Å². The van der Waals surface area contributed by atoms with Gasteiger partial charge in [0.1, 0.15) is 5.75 Å². The molecule has 4 nitrogen and oxygen atoms in total. The second kappa shape index (κ2) is 9.58. The first kappa shape index (κ1) is 22.7. The van der Waals surface area contributed by atoms with E-state index in [0.29, 0.717) is 20.6 Å². The third-order valence-electron chi connectivity index (χ3n) is 6.65.